The van der Waals surface area contributed by atoms with Crippen molar-refractivity contribution in [1.82, 2.24) is 9.97 Å². The van der Waals surface area contributed by atoms with Crippen molar-refractivity contribution < 1.29 is 9.53 Å². The number of carbonyl (C=O) groups excluding carboxylic acids is 1. The molecular formula is C11H13N3O2. The quantitative estimate of drug-likeness (QED) is 0.606. The second kappa shape index (κ2) is 5.71. The molecule has 1 aromatic rings. The SMILES string of the molecule is C#CCC(C)Nc1ccnc(C(=O)OC)n1. The third kappa shape index (κ3) is 3.24. The molecule has 1 unspecified atom stereocenters. The van der Waals surface area contributed by atoms with Crippen LogP contribution in [0, 0.1) is 12.3 Å². The van der Waals surface area contributed by atoms with Crippen LogP contribution in [0.15, 0.2) is 12.3 Å². The number of nitrogens with one attached hydrogen (secondary N) is 1. The van der Waals surface area contributed by atoms with Crippen molar-refractivity contribution in [3.05, 3.63) is 18.1 Å². The lowest BCUT2D eigenvalue weighted by Gasteiger charge is -2.11. The molecule has 0 bridgehead atoms. The number of rotatable bonds is 4. The Kier molecular flexibility index (Phi) is 4.28. The van der Waals surface area contributed by atoms with E-state index in [9.17, 15) is 4.79 Å². The predicted octanol–water partition coefficient (Wildman–Crippen LogP) is 1.09. The van der Waals surface area contributed by atoms with Crippen LogP contribution < -0.4 is 5.32 Å². The number of carbonyl (C=O) groups is 1. The molecular weight excluding hydrogens is 206 g/mol. The molecule has 0 radical (unpaired) electrons. The Morgan fingerprint density at radius 3 is 3.12 bits per heavy atom. The van der Waals surface area contributed by atoms with Gasteiger partial charge >= 0.3 is 5.97 Å². The minimum absolute atomic E-state index is 0.0282. The van der Waals surface area contributed by atoms with Crippen LogP contribution in [-0.2, 0) is 4.74 Å². The van der Waals surface area contributed by atoms with E-state index < -0.39 is 5.97 Å². The zero-order valence-electron chi connectivity index (χ0n) is 9.23. The number of nitrogens with zero attached hydrogens (tertiary/aromatic N) is 2. The summed E-state index contributed by atoms with van der Waals surface area (Å²) in [5.74, 6) is 2.56. The second-order valence-electron chi connectivity index (χ2n) is 3.21. The van der Waals surface area contributed by atoms with Gasteiger partial charge in [-0.2, -0.15) is 0 Å². The standard InChI is InChI=1S/C11H13N3O2/c1-4-5-8(2)13-9-6-7-12-10(14-9)11(15)16-3/h1,6-8H,5H2,2-3H3,(H,12,13,14). The number of anilines is 1. The highest BCUT2D eigenvalue weighted by Crippen LogP contribution is 2.06. The average molecular weight is 219 g/mol. The van der Waals surface area contributed by atoms with Gasteiger partial charge in [0, 0.05) is 18.7 Å². The molecule has 0 saturated heterocycles. The summed E-state index contributed by atoms with van der Waals surface area (Å²) in [7, 11) is 1.28. The van der Waals surface area contributed by atoms with Crippen molar-refractivity contribution >= 4 is 11.8 Å². The molecule has 84 valence electrons. The van der Waals surface area contributed by atoms with Gasteiger partial charge < -0.3 is 10.1 Å². The zero-order chi connectivity index (χ0) is 12.0. The van der Waals surface area contributed by atoms with E-state index in [0.717, 1.165) is 0 Å². The Morgan fingerprint density at radius 1 is 1.75 bits per heavy atom. The monoisotopic (exact) mass is 219 g/mol. The summed E-state index contributed by atoms with van der Waals surface area (Å²) in [6.07, 6.45) is 7.26. The first-order valence-corrected chi connectivity index (χ1v) is 4.78. The highest BCUT2D eigenvalue weighted by Gasteiger charge is 2.10. The zero-order valence-corrected chi connectivity index (χ0v) is 9.23. The van der Waals surface area contributed by atoms with Crippen molar-refractivity contribution in [1.29, 1.82) is 0 Å². The van der Waals surface area contributed by atoms with Crippen LogP contribution in [0.5, 0.6) is 0 Å². The molecule has 0 aromatic carbocycles. The summed E-state index contributed by atoms with van der Waals surface area (Å²) in [6, 6.07) is 1.75. The highest BCUT2D eigenvalue weighted by atomic mass is 16.5. The van der Waals surface area contributed by atoms with Crippen LogP contribution in [0.1, 0.15) is 24.0 Å². The topological polar surface area (TPSA) is 64.1 Å². The predicted molar refractivity (Wildman–Crippen MR) is 59.9 cm³/mol. The first-order valence-electron chi connectivity index (χ1n) is 4.78. The highest BCUT2D eigenvalue weighted by molar-refractivity contribution is 5.85. The average Bonchev–Trinajstić information content (AvgIpc) is 2.28. The maximum atomic E-state index is 11.2. The fourth-order valence-corrected chi connectivity index (χ4v) is 1.11. The van der Waals surface area contributed by atoms with E-state index in [1.165, 1.54) is 13.3 Å². The maximum Gasteiger partial charge on any atom is 0.376 e. The van der Waals surface area contributed by atoms with Gasteiger partial charge in [0.05, 0.1) is 7.11 Å². The molecule has 0 aliphatic rings. The first-order chi connectivity index (χ1) is 7.67. The third-order valence-corrected chi connectivity index (χ3v) is 1.84. The molecule has 1 heterocycles. The van der Waals surface area contributed by atoms with E-state index in [0.29, 0.717) is 12.2 Å². The summed E-state index contributed by atoms with van der Waals surface area (Å²) < 4.78 is 4.52. The fraction of sp³-hybridized carbons (Fsp3) is 0.364. The Hall–Kier alpha value is -2.09. The van der Waals surface area contributed by atoms with Gasteiger partial charge in [-0.1, -0.05) is 0 Å². The lowest BCUT2D eigenvalue weighted by Crippen LogP contribution is -2.17. The summed E-state index contributed by atoms with van der Waals surface area (Å²) in [6.45, 7) is 1.93. The smallest absolute Gasteiger partial charge is 0.376 e. The summed E-state index contributed by atoms with van der Waals surface area (Å²) in [5.41, 5.74) is 0. The van der Waals surface area contributed by atoms with E-state index in [1.807, 2.05) is 6.92 Å². The van der Waals surface area contributed by atoms with Crippen molar-refractivity contribution in [2.45, 2.75) is 19.4 Å². The van der Waals surface area contributed by atoms with Crippen LogP contribution in [0.4, 0.5) is 5.82 Å². The number of hydrogen-bond acceptors (Lipinski definition) is 5. The van der Waals surface area contributed by atoms with Crippen molar-refractivity contribution in [2.24, 2.45) is 0 Å². The largest absolute Gasteiger partial charge is 0.463 e. The summed E-state index contributed by atoms with van der Waals surface area (Å²) in [4.78, 5) is 19.0. The van der Waals surface area contributed by atoms with E-state index in [4.69, 9.17) is 6.42 Å². The number of aromatic nitrogens is 2. The first kappa shape index (κ1) is 12.0. The third-order valence-electron chi connectivity index (χ3n) is 1.84. The molecule has 0 fully saturated rings. The van der Waals surface area contributed by atoms with Crippen LogP contribution in [0.2, 0.25) is 0 Å². The van der Waals surface area contributed by atoms with Gasteiger partial charge in [-0.15, -0.1) is 12.3 Å². The van der Waals surface area contributed by atoms with E-state index in [-0.39, 0.29) is 11.9 Å². The minimum atomic E-state index is -0.562. The molecule has 0 aliphatic heterocycles. The number of esters is 1. The number of terminal acetylenes is 1. The summed E-state index contributed by atoms with van der Waals surface area (Å²) in [5, 5.41) is 3.06. The van der Waals surface area contributed by atoms with Gasteiger partial charge in [-0.05, 0) is 13.0 Å². The van der Waals surface area contributed by atoms with Gasteiger partial charge in [-0.3, -0.25) is 0 Å². The van der Waals surface area contributed by atoms with Gasteiger partial charge in [0.1, 0.15) is 5.82 Å². The minimum Gasteiger partial charge on any atom is -0.463 e. The lowest BCUT2D eigenvalue weighted by molar-refractivity contribution is 0.0587. The Balaban J connectivity index is 2.75. The number of hydrogen-bond donors (Lipinski definition) is 1. The molecule has 5 nitrogen and oxygen atoms in total. The number of methoxy groups -OCH3 is 1. The van der Waals surface area contributed by atoms with Crippen molar-refractivity contribution in [3.8, 4) is 12.3 Å². The molecule has 0 amide bonds. The van der Waals surface area contributed by atoms with Gasteiger partial charge in [0.2, 0.25) is 5.82 Å². The molecule has 1 rings (SSSR count). The van der Waals surface area contributed by atoms with Crippen LogP contribution in [0.3, 0.4) is 0 Å². The van der Waals surface area contributed by atoms with Crippen LogP contribution in [-0.4, -0.2) is 29.1 Å². The van der Waals surface area contributed by atoms with Crippen LogP contribution in [0.25, 0.3) is 0 Å². The Labute approximate surface area is 94.2 Å². The van der Waals surface area contributed by atoms with E-state index >= 15 is 0 Å². The van der Waals surface area contributed by atoms with Crippen molar-refractivity contribution in [2.75, 3.05) is 12.4 Å². The van der Waals surface area contributed by atoms with Gasteiger partial charge in [0.25, 0.3) is 0 Å². The molecule has 0 spiro atoms. The molecule has 1 N–H and O–H groups in total. The number of ether oxygens (including phenoxy) is 1. The maximum absolute atomic E-state index is 11.2. The van der Waals surface area contributed by atoms with E-state index in [1.54, 1.807) is 6.07 Å². The fourth-order valence-electron chi connectivity index (χ4n) is 1.11. The van der Waals surface area contributed by atoms with Gasteiger partial charge in [0.15, 0.2) is 0 Å². The molecule has 1 atom stereocenters. The van der Waals surface area contributed by atoms with Gasteiger partial charge in [-0.25, -0.2) is 14.8 Å². The molecule has 5 heteroatoms. The Morgan fingerprint density at radius 2 is 2.50 bits per heavy atom. The molecule has 1 aromatic heterocycles. The van der Waals surface area contributed by atoms with Crippen molar-refractivity contribution in [3.63, 3.8) is 0 Å². The lowest BCUT2D eigenvalue weighted by atomic mass is 10.2. The van der Waals surface area contributed by atoms with E-state index in [2.05, 4.69) is 25.9 Å². The molecule has 0 aliphatic carbocycles. The Bertz CT molecular complexity index is 412. The second-order valence-corrected chi connectivity index (χ2v) is 3.21. The van der Waals surface area contributed by atoms with Crippen LogP contribution >= 0.6 is 0 Å². The summed E-state index contributed by atoms with van der Waals surface area (Å²) >= 11 is 0. The molecule has 0 saturated carbocycles. The normalized spacial score (nSPS) is 11.3. The molecule has 16 heavy (non-hydrogen) atoms.